The van der Waals surface area contributed by atoms with Gasteiger partial charge in [0.25, 0.3) is 0 Å². The van der Waals surface area contributed by atoms with Crippen LogP contribution < -0.4 is 27.0 Å². The van der Waals surface area contributed by atoms with Gasteiger partial charge in [-0.25, -0.2) is 0 Å². The van der Waals surface area contributed by atoms with Crippen molar-refractivity contribution in [3.8, 4) is 0 Å². The van der Waals surface area contributed by atoms with Gasteiger partial charge in [-0.2, -0.15) is 0 Å². The number of rotatable bonds is 15. The zero-order chi connectivity index (χ0) is 27.6. The van der Waals surface area contributed by atoms with E-state index in [0.717, 1.165) is 31.6 Å². The van der Waals surface area contributed by atoms with Crippen LogP contribution in [0.2, 0.25) is 0 Å². The molecule has 1 fully saturated rings. The first-order chi connectivity index (χ1) is 17.6. The van der Waals surface area contributed by atoms with Gasteiger partial charge in [-0.3, -0.25) is 19.2 Å². The van der Waals surface area contributed by atoms with Crippen LogP contribution in [0.5, 0.6) is 0 Å². The first-order valence-electron chi connectivity index (χ1n) is 14.5. The summed E-state index contributed by atoms with van der Waals surface area (Å²) in [5, 5.41) is 11.2. The molecule has 6 N–H and O–H groups in total. The normalized spacial score (nSPS) is 22.0. The number of carbonyl (C=O) groups excluding carboxylic acids is 4. The van der Waals surface area contributed by atoms with Crippen LogP contribution in [0.3, 0.4) is 0 Å². The number of unbranched alkanes of at least 4 members (excludes halogenated alkanes) is 7. The third-order valence-electron chi connectivity index (χ3n) is 6.90. The lowest BCUT2D eigenvalue weighted by Gasteiger charge is -2.27. The van der Waals surface area contributed by atoms with Gasteiger partial charge in [-0.05, 0) is 44.1 Å². The minimum atomic E-state index is -0.785. The van der Waals surface area contributed by atoms with Gasteiger partial charge in [0.2, 0.25) is 23.6 Å². The molecule has 0 radical (unpaired) electrons. The summed E-state index contributed by atoms with van der Waals surface area (Å²) in [5.41, 5.74) is 5.57. The molecule has 9 nitrogen and oxygen atoms in total. The van der Waals surface area contributed by atoms with Gasteiger partial charge < -0.3 is 27.0 Å². The smallest absolute Gasteiger partial charge is 0.243 e. The fourth-order valence-electron chi connectivity index (χ4n) is 4.61. The highest BCUT2D eigenvalue weighted by Gasteiger charge is 2.30. The van der Waals surface area contributed by atoms with Crippen molar-refractivity contribution in [1.29, 1.82) is 0 Å². The Labute approximate surface area is 224 Å². The van der Waals surface area contributed by atoms with E-state index >= 15 is 0 Å². The highest BCUT2D eigenvalue weighted by atomic mass is 16.2. The van der Waals surface area contributed by atoms with Gasteiger partial charge in [-0.15, -0.1) is 0 Å². The molecule has 1 heterocycles. The minimum absolute atomic E-state index is 0.104. The molecular weight excluding hydrogens is 470 g/mol. The lowest BCUT2D eigenvalue weighted by molar-refractivity contribution is -0.133. The van der Waals surface area contributed by atoms with Crippen LogP contribution >= 0.6 is 0 Å². The molecular formula is C28H53N5O4. The maximum atomic E-state index is 13.2. The maximum absolute atomic E-state index is 13.2. The monoisotopic (exact) mass is 523 g/mol. The van der Waals surface area contributed by atoms with Crippen LogP contribution in [-0.4, -0.2) is 54.8 Å². The van der Waals surface area contributed by atoms with Crippen LogP contribution in [0.1, 0.15) is 111 Å². The lowest BCUT2D eigenvalue weighted by Crippen LogP contribution is -2.56. The summed E-state index contributed by atoms with van der Waals surface area (Å²) in [6, 6.07) is -1.88. The standard InChI is InChI=1S/C28H53N5O4/c1-20(2)14-10-8-6-5-7-9-11-15-22-18-24(34)30-19-25(35)32-23(16-12-13-17-29)27(36)33-26(21(3)4)28(37)31-22/h20-23,26H,5-19,29H2,1-4H3,(H,30,34)(H,31,37)(H,32,35)(H,33,36)/t22-,23+,26+/m1/s1. The number of hydrogen-bond acceptors (Lipinski definition) is 5. The molecule has 0 aromatic carbocycles. The highest BCUT2D eigenvalue weighted by molar-refractivity contribution is 5.94. The Morgan fingerprint density at radius 2 is 1.35 bits per heavy atom. The van der Waals surface area contributed by atoms with Crippen LogP contribution in [0.25, 0.3) is 0 Å². The second-order valence-electron chi connectivity index (χ2n) is 11.3. The Morgan fingerprint density at radius 3 is 1.97 bits per heavy atom. The zero-order valence-corrected chi connectivity index (χ0v) is 23.7. The van der Waals surface area contributed by atoms with Gasteiger partial charge in [-0.1, -0.05) is 79.1 Å². The maximum Gasteiger partial charge on any atom is 0.243 e. The third-order valence-corrected chi connectivity index (χ3v) is 6.90. The van der Waals surface area contributed by atoms with Crippen molar-refractivity contribution in [2.45, 2.75) is 129 Å². The molecule has 0 saturated carbocycles. The van der Waals surface area contributed by atoms with Crippen molar-refractivity contribution in [3.63, 3.8) is 0 Å². The minimum Gasteiger partial charge on any atom is -0.351 e. The average molecular weight is 524 g/mol. The van der Waals surface area contributed by atoms with Crippen molar-refractivity contribution >= 4 is 23.6 Å². The molecule has 37 heavy (non-hydrogen) atoms. The average Bonchev–Trinajstić information content (AvgIpc) is 2.83. The van der Waals surface area contributed by atoms with Crippen LogP contribution in [0.4, 0.5) is 0 Å². The number of amides is 4. The molecule has 1 saturated heterocycles. The predicted octanol–water partition coefficient (Wildman–Crippen LogP) is 2.91. The first-order valence-corrected chi connectivity index (χ1v) is 14.5. The summed E-state index contributed by atoms with van der Waals surface area (Å²) in [5.74, 6) is -0.786. The van der Waals surface area contributed by atoms with Gasteiger partial charge in [0, 0.05) is 12.5 Å². The van der Waals surface area contributed by atoms with E-state index in [1.165, 1.54) is 32.1 Å². The molecule has 9 heteroatoms. The topological polar surface area (TPSA) is 142 Å². The Balaban J connectivity index is 2.73. The third kappa shape index (κ3) is 15.0. The Bertz CT molecular complexity index is 698. The van der Waals surface area contributed by atoms with E-state index in [1.54, 1.807) is 0 Å². The van der Waals surface area contributed by atoms with Crippen molar-refractivity contribution in [2.24, 2.45) is 17.6 Å². The number of nitrogens with one attached hydrogen (secondary N) is 4. The Hall–Kier alpha value is -2.16. The molecule has 0 aromatic heterocycles. The van der Waals surface area contributed by atoms with Crippen LogP contribution in [-0.2, 0) is 19.2 Å². The molecule has 1 aliphatic heterocycles. The van der Waals surface area contributed by atoms with E-state index in [-0.39, 0.29) is 36.7 Å². The Morgan fingerprint density at radius 1 is 0.730 bits per heavy atom. The van der Waals surface area contributed by atoms with Crippen LogP contribution in [0, 0.1) is 11.8 Å². The van der Waals surface area contributed by atoms with Crippen molar-refractivity contribution < 1.29 is 19.2 Å². The second kappa shape index (κ2) is 19.0. The first kappa shape index (κ1) is 32.9. The van der Waals surface area contributed by atoms with Crippen molar-refractivity contribution in [3.05, 3.63) is 0 Å². The molecule has 1 aliphatic rings. The van der Waals surface area contributed by atoms with Gasteiger partial charge >= 0.3 is 0 Å². The number of hydrogen-bond donors (Lipinski definition) is 5. The fourth-order valence-corrected chi connectivity index (χ4v) is 4.61. The quantitative estimate of drug-likeness (QED) is 0.210. The highest BCUT2D eigenvalue weighted by Crippen LogP contribution is 2.15. The van der Waals surface area contributed by atoms with Crippen LogP contribution in [0.15, 0.2) is 0 Å². The van der Waals surface area contributed by atoms with Gasteiger partial charge in [0.1, 0.15) is 12.1 Å². The van der Waals surface area contributed by atoms with Gasteiger partial charge in [0.05, 0.1) is 6.54 Å². The predicted molar refractivity (Wildman–Crippen MR) is 148 cm³/mol. The molecule has 0 spiro atoms. The summed E-state index contributed by atoms with van der Waals surface area (Å²) in [6.45, 7) is 8.55. The molecule has 0 aliphatic carbocycles. The van der Waals surface area contributed by atoms with E-state index < -0.39 is 23.9 Å². The summed E-state index contributed by atoms with van der Waals surface area (Å²) < 4.78 is 0. The summed E-state index contributed by atoms with van der Waals surface area (Å²) >= 11 is 0. The summed E-state index contributed by atoms with van der Waals surface area (Å²) in [4.78, 5) is 51.2. The van der Waals surface area contributed by atoms with E-state index in [4.69, 9.17) is 5.73 Å². The van der Waals surface area contributed by atoms with E-state index in [9.17, 15) is 19.2 Å². The lowest BCUT2D eigenvalue weighted by atomic mass is 9.99. The molecule has 214 valence electrons. The Kier molecular flexibility index (Phi) is 16.9. The largest absolute Gasteiger partial charge is 0.351 e. The van der Waals surface area contributed by atoms with E-state index in [0.29, 0.717) is 25.8 Å². The van der Waals surface area contributed by atoms with Crippen molar-refractivity contribution in [2.75, 3.05) is 13.1 Å². The molecule has 4 amide bonds. The zero-order valence-electron chi connectivity index (χ0n) is 23.7. The summed E-state index contributed by atoms with van der Waals surface area (Å²) in [6.07, 6.45) is 12.0. The molecule has 0 aromatic rings. The molecule has 1 rings (SSSR count). The second-order valence-corrected chi connectivity index (χ2v) is 11.3. The van der Waals surface area contributed by atoms with E-state index in [1.807, 2.05) is 13.8 Å². The molecule has 3 atom stereocenters. The molecule has 0 bridgehead atoms. The summed E-state index contributed by atoms with van der Waals surface area (Å²) in [7, 11) is 0. The number of carbonyl (C=O) groups is 4. The van der Waals surface area contributed by atoms with Crippen molar-refractivity contribution in [1.82, 2.24) is 21.3 Å². The van der Waals surface area contributed by atoms with Gasteiger partial charge in [0.15, 0.2) is 0 Å². The fraction of sp³-hybridized carbons (Fsp3) is 0.857. The van der Waals surface area contributed by atoms with E-state index in [2.05, 4.69) is 35.1 Å². The molecule has 0 unspecified atom stereocenters. The SMILES string of the molecule is CC(C)CCCCCCCCC[C@@H]1CC(=O)NCC(=O)N[C@@H](CCCCN)C(=O)N[C@@H](C(C)C)C(=O)N1. The number of nitrogens with two attached hydrogens (primary N) is 1.